The molecule has 0 aromatic heterocycles. The van der Waals surface area contributed by atoms with Gasteiger partial charge in [0, 0.05) is 17.2 Å². The van der Waals surface area contributed by atoms with E-state index < -0.39 is 23.9 Å². The molecular weight excluding hydrogens is 362 g/mol. The van der Waals surface area contributed by atoms with Crippen molar-refractivity contribution in [2.45, 2.75) is 37.3 Å². The largest absolute Gasteiger partial charge is 0.416 e. The predicted molar refractivity (Wildman–Crippen MR) is 91.6 cm³/mol. The van der Waals surface area contributed by atoms with Crippen molar-refractivity contribution in [2.75, 3.05) is 11.9 Å². The molecule has 0 amide bonds. The summed E-state index contributed by atoms with van der Waals surface area (Å²) in [4.78, 5) is 0. The molecule has 0 radical (unpaired) electrons. The Balaban J connectivity index is 1.76. The van der Waals surface area contributed by atoms with E-state index in [-0.39, 0.29) is 24.4 Å². The number of aliphatic hydroxyl groups excluding tert-OH is 1. The number of anilines is 1. The van der Waals surface area contributed by atoms with E-state index in [0.717, 1.165) is 17.7 Å². The number of hydrogen-bond acceptors (Lipinski definition) is 3. The van der Waals surface area contributed by atoms with Gasteiger partial charge < -0.3 is 15.2 Å². The van der Waals surface area contributed by atoms with E-state index in [9.17, 15) is 22.7 Å². The molecule has 1 fully saturated rings. The smallest absolute Gasteiger partial charge is 0.394 e. The molecule has 4 atom stereocenters. The van der Waals surface area contributed by atoms with Crippen molar-refractivity contribution >= 4 is 5.69 Å². The van der Waals surface area contributed by atoms with E-state index in [1.165, 1.54) is 18.2 Å². The summed E-state index contributed by atoms with van der Waals surface area (Å²) < 4.78 is 58.8. The summed E-state index contributed by atoms with van der Waals surface area (Å²) in [6, 6.07) is 9.47. The van der Waals surface area contributed by atoms with Crippen LogP contribution in [-0.4, -0.2) is 17.8 Å². The average molecular weight is 381 g/mol. The zero-order valence-corrected chi connectivity index (χ0v) is 14.3. The van der Waals surface area contributed by atoms with Gasteiger partial charge in [-0.1, -0.05) is 12.1 Å². The van der Waals surface area contributed by atoms with E-state index in [1.807, 2.05) is 0 Å². The molecule has 0 aliphatic carbocycles. The number of benzene rings is 2. The van der Waals surface area contributed by atoms with Gasteiger partial charge in [0.25, 0.3) is 0 Å². The van der Waals surface area contributed by atoms with Crippen molar-refractivity contribution < 1.29 is 27.4 Å². The van der Waals surface area contributed by atoms with Gasteiger partial charge >= 0.3 is 6.18 Å². The fourth-order valence-corrected chi connectivity index (χ4v) is 4.07. The maximum atomic E-state index is 13.3. The number of alkyl halides is 3. The van der Waals surface area contributed by atoms with E-state index in [1.54, 1.807) is 12.1 Å². The van der Waals surface area contributed by atoms with Crippen LogP contribution in [0.5, 0.6) is 0 Å². The minimum absolute atomic E-state index is 0.116. The molecular formula is C20H19F4NO2. The van der Waals surface area contributed by atoms with E-state index in [4.69, 9.17) is 4.74 Å². The van der Waals surface area contributed by atoms with Crippen molar-refractivity contribution in [3.63, 3.8) is 0 Å². The van der Waals surface area contributed by atoms with Gasteiger partial charge in [0.05, 0.1) is 30.4 Å². The van der Waals surface area contributed by atoms with Gasteiger partial charge in [-0.05, 0) is 48.7 Å². The lowest BCUT2D eigenvalue weighted by molar-refractivity contribution is -0.138. The molecule has 27 heavy (non-hydrogen) atoms. The number of rotatable bonds is 2. The molecule has 7 heteroatoms. The Morgan fingerprint density at radius 3 is 2.48 bits per heavy atom. The number of aliphatic hydroxyl groups is 1. The molecule has 0 bridgehead atoms. The fourth-order valence-electron chi connectivity index (χ4n) is 4.07. The SMILES string of the molecule is OCC1CC[C@@H]2C(O1)c1cc(C(F)(F)F)ccc1N[C@H]2c1ccc(F)cc1. The van der Waals surface area contributed by atoms with Crippen LogP contribution < -0.4 is 5.32 Å². The summed E-state index contributed by atoms with van der Waals surface area (Å²) in [7, 11) is 0. The molecule has 2 aromatic carbocycles. The molecule has 2 unspecified atom stereocenters. The molecule has 2 N–H and O–H groups in total. The third-order valence-electron chi connectivity index (χ3n) is 5.41. The Hall–Kier alpha value is -2.12. The van der Waals surface area contributed by atoms with E-state index in [0.29, 0.717) is 24.1 Å². The zero-order valence-electron chi connectivity index (χ0n) is 14.3. The monoisotopic (exact) mass is 381 g/mol. The zero-order chi connectivity index (χ0) is 19.2. The summed E-state index contributed by atoms with van der Waals surface area (Å²) >= 11 is 0. The third kappa shape index (κ3) is 3.41. The van der Waals surface area contributed by atoms with Crippen LogP contribution in [0.4, 0.5) is 23.2 Å². The molecule has 2 aliphatic heterocycles. The number of nitrogens with one attached hydrogen (secondary N) is 1. The predicted octanol–water partition coefficient (Wildman–Crippen LogP) is 4.84. The van der Waals surface area contributed by atoms with Gasteiger partial charge in [-0.2, -0.15) is 13.2 Å². The highest BCUT2D eigenvalue weighted by Gasteiger charge is 2.43. The summed E-state index contributed by atoms with van der Waals surface area (Å²) in [6.07, 6.45) is -4.11. The van der Waals surface area contributed by atoms with Gasteiger partial charge in [0.1, 0.15) is 5.82 Å². The van der Waals surface area contributed by atoms with Gasteiger partial charge in [0.15, 0.2) is 0 Å². The number of ether oxygens (including phenoxy) is 1. The minimum Gasteiger partial charge on any atom is -0.394 e. The summed E-state index contributed by atoms with van der Waals surface area (Å²) in [5.74, 6) is -0.462. The second-order valence-electron chi connectivity index (χ2n) is 7.08. The van der Waals surface area contributed by atoms with Crippen molar-refractivity contribution in [3.05, 3.63) is 65.0 Å². The Labute approximate surface area is 154 Å². The standard InChI is InChI=1S/C20H19F4NO2/c21-13-4-1-11(2-5-13)18-15-7-6-14(10-26)27-19(15)16-9-12(20(22,23)24)3-8-17(16)25-18/h1-5,8-9,14-15,18-19,25-26H,6-7,10H2/t14?,15-,18-,19?/m0/s1. The Morgan fingerprint density at radius 2 is 1.81 bits per heavy atom. The van der Waals surface area contributed by atoms with Gasteiger partial charge in [-0.25, -0.2) is 4.39 Å². The van der Waals surface area contributed by atoms with Crippen LogP contribution in [0.1, 0.15) is 41.7 Å². The van der Waals surface area contributed by atoms with Crippen LogP contribution in [0.3, 0.4) is 0 Å². The van der Waals surface area contributed by atoms with Crippen LogP contribution in [0.2, 0.25) is 0 Å². The first kappa shape index (κ1) is 18.3. The first-order chi connectivity index (χ1) is 12.9. The molecule has 1 saturated heterocycles. The van der Waals surface area contributed by atoms with Gasteiger partial charge in [-0.3, -0.25) is 0 Å². The lowest BCUT2D eigenvalue weighted by atomic mass is 9.76. The van der Waals surface area contributed by atoms with E-state index in [2.05, 4.69) is 5.32 Å². The quantitative estimate of drug-likeness (QED) is 0.732. The third-order valence-corrected chi connectivity index (χ3v) is 5.41. The number of hydrogen-bond donors (Lipinski definition) is 2. The van der Waals surface area contributed by atoms with Crippen LogP contribution in [-0.2, 0) is 10.9 Å². The Bertz CT molecular complexity index is 822. The maximum Gasteiger partial charge on any atom is 0.416 e. The molecule has 0 spiro atoms. The number of fused-ring (bicyclic) bond motifs is 3. The van der Waals surface area contributed by atoms with Crippen LogP contribution in [0.25, 0.3) is 0 Å². The second kappa shape index (κ2) is 6.80. The van der Waals surface area contributed by atoms with Crippen molar-refractivity contribution in [1.29, 1.82) is 0 Å². The van der Waals surface area contributed by atoms with Crippen molar-refractivity contribution in [2.24, 2.45) is 5.92 Å². The molecule has 2 aromatic rings. The minimum atomic E-state index is -4.44. The molecule has 0 saturated carbocycles. The van der Waals surface area contributed by atoms with Crippen LogP contribution in [0, 0.1) is 11.7 Å². The molecule has 144 valence electrons. The average Bonchev–Trinajstić information content (AvgIpc) is 2.66. The number of halogens is 4. The topological polar surface area (TPSA) is 41.5 Å². The molecule has 2 heterocycles. The lowest BCUT2D eigenvalue weighted by Gasteiger charge is -2.45. The summed E-state index contributed by atoms with van der Waals surface area (Å²) in [5, 5.41) is 12.8. The van der Waals surface area contributed by atoms with Gasteiger partial charge in [0.2, 0.25) is 0 Å². The lowest BCUT2D eigenvalue weighted by Crippen LogP contribution is -2.40. The first-order valence-electron chi connectivity index (χ1n) is 8.86. The maximum absolute atomic E-state index is 13.3. The van der Waals surface area contributed by atoms with Gasteiger partial charge in [-0.15, -0.1) is 0 Å². The highest BCUT2D eigenvalue weighted by atomic mass is 19.4. The molecule has 3 nitrogen and oxygen atoms in total. The summed E-state index contributed by atoms with van der Waals surface area (Å²) in [6.45, 7) is -0.174. The Kier molecular flexibility index (Phi) is 4.60. The van der Waals surface area contributed by atoms with Crippen molar-refractivity contribution in [1.82, 2.24) is 0 Å². The summed E-state index contributed by atoms with van der Waals surface area (Å²) in [5.41, 5.74) is 1.14. The highest BCUT2D eigenvalue weighted by Crippen LogP contribution is 2.51. The highest BCUT2D eigenvalue weighted by molar-refractivity contribution is 5.58. The van der Waals surface area contributed by atoms with Crippen molar-refractivity contribution in [3.8, 4) is 0 Å². The van der Waals surface area contributed by atoms with Crippen LogP contribution in [0.15, 0.2) is 42.5 Å². The molecule has 4 rings (SSSR count). The molecule has 2 aliphatic rings. The van der Waals surface area contributed by atoms with Crippen LogP contribution >= 0.6 is 0 Å². The second-order valence-corrected chi connectivity index (χ2v) is 7.08. The normalized spacial score (nSPS) is 27.4. The fraction of sp³-hybridized carbons (Fsp3) is 0.400. The first-order valence-corrected chi connectivity index (χ1v) is 8.86. The Morgan fingerprint density at radius 1 is 1.07 bits per heavy atom. The van der Waals surface area contributed by atoms with E-state index >= 15 is 0 Å².